The summed E-state index contributed by atoms with van der Waals surface area (Å²) in [6.07, 6.45) is 4.53. The molecule has 0 bridgehead atoms. The third-order valence-electron chi connectivity index (χ3n) is 8.64. The number of benzene rings is 2. The van der Waals surface area contributed by atoms with Gasteiger partial charge >= 0.3 is 5.97 Å². The fraction of sp³-hybridized carbons (Fsp3) is 0.500. The predicted octanol–water partition coefficient (Wildman–Crippen LogP) is 3.65. The van der Waals surface area contributed by atoms with Gasteiger partial charge in [0.25, 0.3) is 0 Å². The number of methoxy groups -OCH3 is 1. The first-order chi connectivity index (χ1) is 20.9. The Labute approximate surface area is 251 Å². The van der Waals surface area contributed by atoms with Crippen molar-refractivity contribution in [1.29, 1.82) is 0 Å². The summed E-state index contributed by atoms with van der Waals surface area (Å²) >= 11 is 0. The highest BCUT2D eigenvalue weighted by Gasteiger charge is 2.47. The first-order valence-corrected chi connectivity index (χ1v) is 15.0. The van der Waals surface area contributed by atoms with E-state index in [9.17, 15) is 24.9 Å². The molecule has 1 aromatic heterocycles. The largest absolute Gasteiger partial charge is 0.494 e. The van der Waals surface area contributed by atoms with Gasteiger partial charge in [0.05, 0.1) is 19.6 Å². The van der Waals surface area contributed by atoms with Crippen LogP contribution < -0.4 is 14.2 Å². The van der Waals surface area contributed by atoms with E-state index in [1.807, 2.05) is 41.4 Å². The lowest BCUT2D eigenvalue weighted by atomic mass is 9.84. The molecule has 3 N–H and O–H groups in total. The molecule has 1 amide bonds. The Kier molecular flexibility index (Phi) is 9.62. The van der Waals surface area contributed by atoms with Crippen LogP contribution in [0.4, 0.5) is 0 Å². The van der Waals surface area contributed by atoms with Gasteiger partial charge in [-0.05, 0) is 43.0 Å². The van der Waals surface area contributed by atoms with Gasteiger partial charge in [-0.1, -0.05) is 31.5 Å². The molecular formula is C32H41N3O8. The van der Waals surface area contributed by atoms with Gasteiger partial charge < -0.3 is 39.0 Å². The van der Waals surface area contributed by atoms with Crippen LogP contribution in [0.2, 0.25) is 0 Å². The molecule has 3 heterocycles. The van der Waals surface area contributed by atoms with E-state index in [4.69, 9.17) is 14.2 Å². The molecule has 3 aromatic rings. The van der Waals surface area contributed by atoms with Crippen LogP contribution in [0.1, 0.15) is 44.1 Å². The maximum absolute atomic E-state index is 13.6. The van der Waals surface area contributed by atoms with E-state index in [-0.39, 0.29) is 31.7 Å². The summed E-state index contributed by atoms with van der Waals surface area (Å²) in [7, 11) is 1.53. The summed E-state index contributed by atoms with van der Waals surface area (Å²) in [5, 5.41) is 32.5. The molecule has 0 spiro atoms. The van der Waals surface area contributed by atoms with Crippen molar-refractivity contribution >= 4 is 22.6 Å². The number of aliphatic carboxylic acids is 1. The Morgan fingerprint density at radius 1 is 1.14 bits per heavy atom. The van der Waals surface area contributed by atoms with Gasteiger partial charge in [0, 0.05) is 61.7 Å². The number of carbonyl (C=O) groups excluding carboxylic acids is 1. The minimum Gasteiger partial charge on any atom is -0.494 e. The fourth-order valence-corrected chi connectivity index (χ4v) is 6.44. The quantitative estimate of drug-likeness (QED) is 0.255. The van der Waals surface area contributed by atoms with Crippen LogP contribution in [0.15, 0.2) is 42.6 Å². The van der Waals surface area contributed by atoms with Crippen LogP contribution >= 0.6 is 0 Å². The summed E-state index contributed by atoms with van der Waals surface area (Å²) in [5.41, 5.74) is 0.742. The second-order valence-electron chi connectivity index (χ2n) is 11.3. The number of rotatable bonds is 14. The zero-order valence-corrected chi connectivity index (χ0v) is 24.8. The number of amides is 1. The summed E-state index contributed by atoms with van der Waals surface area (Å²) < 4.78 is 18.5. The normalized spacial score (nSPS) is 19.7. The minimum atomic E-state index is -0.952. The number of hydrogen-bond donors (Lipinski definition) is 3. The van der Waals surface area contributed by atoms with Crippen LogP contribution in [0.3, 0.4) is 0 Å². The standard InChI is InChI=1S/C32H41N3O8/c1-3-4-11-33(12-7-14-36)28(37)19-35-18-24(22-15-26(41-2)30-27(16-22)42-20-43-30)29(32(39)40)25(35)10-13-34-17-21-8-5-6-9-23(21)31(34)38/h5-6,8-9,15-17,24-25,29,36,38H,3-4,7,10-14,18-20H2,1-2H3,(H,39,40)/t24-,25+,29?/m1/s1. The average Bonchev–Trinajstić information content (AvgIpc) is 3.71. The lowest BCUT2D eigenvalue weighted by Crippen LogP contribution is -2.45. The highest BCUT2D eigenvalue weighted by molar-refractivity contribution is 5.87. The SMILES string of the molecule is CCCCN(CCCO)C(=O)CN1C[C@H](c2cc(OC)c3c(c2)OCO3)C(C(=O)O)[C@@H]1CCn1cc2ccccc2c1O. The zero-order valence-electron chi connectivity index (χ0n) is 24.8. The molecule has 232 valence electrons. The van der Waals surface area contributed by atoms with Gasteiger partial charge in [0.2, 0.25) is 18.4 Å². The van der Waals surface area contributed by atoms with Crippen LogP contribution in [0, 0.1) is 5.92 Å². The van der Waals surface area contributed by atoms with Gasteiger partial charge in [-0.2, -0.15) is 0 Å². The van der Waals surface area contributed by atoms with E-state index in [1.165, 1.54) is 7.11 Å². The minimum absolute atomic E-state index is 0.00787. The molecule has 2 aromatic carbocycles. The third-order valence-corrected chi connectivity index (χ3v) is 8.64. The maximum atomic E-state index is 13.6. The van der Waals surface area contributed by atoms with Crippen molar-refractivity contribution in [3.63, 3.8) is 0 Å². The number of aromatic hydroxyl groups is 1. The predicted molar refractivity (Wildman–Crippen MR) is 160 cm³/mol. The maximum Gasteiger partial charge on any atom is 0.308 e. The van der Waals surface area contributed by atoms with Gasteiger partial charge in [-0.3, -0.25) is 14.5 Å². The first kappa shape index (κ1) is 30.5. The average molecular weight is 596 g/mol. The number of likely N-dealkylation sites (tertiary alicyclic amines) is 1. The molecule has 1 unspecified atom stereocenters. The number of aryl methyl sites for hydroxylation is 1. The number of unbranched alkanes of at least 4 members (excludes halogenated alkanes) is 1. The second kappa shape index (κ2) is 13.6. The Morgan fingerprint density at radius 3 is 2.65 bits per heavy atom. The van der Waals surface area contributed by atoms with Crippen molar-refractivity contribution in [2.75, 3.05) is 46.7 Å². The van der Waals surface area contributed by atoms with E-state index in [0.29, 0.717) is 56.3 Å². The number of carbonyl (C=O) groups is 2. The van der Waals surface area contributed by atoms with Crippen molar-refractivity contribution in [2.24, 2.45) is 5.92 Å². The molecule has 11 heteroatoms. The van der Waals surface area contributed by atoms with Crippen molar-refractivity contribution in [2.45, 2.75) is 51.1 Å². The topological polar surface area (TPSA) is 134 Å². The molecule has 1 fully saturated rings. The lowest BCUT2D eigenvalue weighted by Gasteiger charge is -2.30. The number of carboxylic acid groups (broad SMARTS) is 1. The smallest absolute Gasteiger partial charge is 0.308 e. The van der Waals surface area contributed by atoms with Gasteiger partial charge in [-0.25, -0.2) is 0 Å². The summed E-state index contributed by atoms with van der Waals surface area (Å²) in [6.45, 7) is 3.92. The Morgan fingerprint density at radius 2 is 1.93 bits per heavy atom. The molecule has 5 rings (SSSR count). The first-order valence-electron chi connectivity index (χ1n) is 15.0. The van der Waals surface area contributed by atoms with E-state index in [1.54, 1.807) is 15.5 Å². The summed E-state index contributed by atoms with van der Waals surface area (Å²) in [5.74, 6) is -0.715. The molecule has 2 aliphatic heterocycles. The summed E-state index contributed by atoms with van der Waals surface area (Å²) in [6, 6.07) is 10.7. The van der Waals surface area contributed by atoms with E-state index < -0.39 is 23.8 Å². The molecule has 11 nitrogen and oxygen atoms in total. The molecular weight excluding hydrogens is 554 g/mol. The fourth-order valence-electron chi connectivity index (χ4n) is 6.44. The number of hydrogen-bond acceptors (Lipinski definition) is 8. The lowest BCUT2D eigenvalue weighted by molar-refractivity contribution is -0.144. The number of aliphatic hydroxyl groups is 1. The highest BCUT2D eigenvalue weighted by atomic mass is 16.7. The third kappa shape index (κ3) is 6.37. The molecule has 0 radical (unpaired) electrons. The van der Waals surface area contributed by atoms with Gasteiger partial charge in [-0.15, -0.1) is 0 Å². The van der Waals surface area contributed by atoms with Gasteiger partial charge in [0.15, 0.2) is 17.4 Å². The molecule has 0 aliphatic carbocycles. The van der Waals surface area contributed by atoms with Crippen LogP contribution in [0.5, 0.6) is 23.1 Å². The van der Waals surface area contributed by atoms with Crippen molar-refractivity contribution in [1.82, 2.24) is 14.4 Å². The molecule has 0 saturated carbocycles. The number of ether oxygens (including phenoxy) is 3. The van der Waals surface area contributed by atoms with E-state index in [0.717, 1.165) is 29.2 Å². The van der Waals surface area contributed by atoms with E-state index >= 15 is 0 Å². The highest BCUT2D eigenvalue weighted by Crippen LogP contribution is 2.47. The summed E-state index contributed by atoms with van der Waals surface area (Å²) in [4.78, 5) is 30.3. The molecule has 43 heavy (non-hydrogen) atoms. The number of fused-ring (bicyclic) bond motifs is 2. The van der Waals surface area contributed by atoms with Crippen molar-refractivity contribution in [3.8, 4) is 23.1 Å². The van der Waals surface area contributed by atoms with Crippen molar-refractivity contribution in [3.05, 3.63) is 48.2 Å². The Hall–Kier alpha value is -3.96. The van der Waals surface area contributed by atoms with Gasteiger partial charge in [0.1, 0.15) is 0 Å². The number of carboxylic acids is 1. The van der Waals surface area contributed by atoms with Crippen LogP contribution in [0.25, 0.3) is 10.8 Å². The van der Waals surface area contributed by atoms with Crippen LogP contribution in [-0.4, -0.2) is 94.3 Å². The molecule has 3 atom stereocenters. The van der Waals surface area contributed by atoms with Crippen molar-refractivity contribution < 1.29 is 39.1 Å². The number of nitrogens with zero attached hydrogens (tertiary/aromatic N) is 3. The van der Waals surface area contributed by atoms with Crippen LogP contribution in [-0.2, 0) is 16.1 Å². The van der Waals surface area contributed by atoms with E-state index in [2.05, 4.69) is 6.92 Å². The Balaban J connectivity index is 1.46. The Bertz CT molecular complexity index is 1430. The number of aromatic nitrogens is 1. The zero-order chi connectivity index (χ0) is 30.5. The second-order valence-corrected chi connectivity index (χ2v) is 11.3. The number of aliphatic hydroxyl groups excluding tert-OH is 1. The molecule has 1 saturated heterocycles. The monoisotopic (exact) mass is 595 g/mol. The molecule has 2 aliphatic rings.